The number of carbonyl (C=O) groups is 1. The van der Waals surface area contributed by atoms with Crippen LogP contribution in [0.3, 0.4) is 0 Å². The minimum absolute atomic E-state index is 0.239. The van der Waals surface area contributed by atoms with Gasteiger partial charge in [-0.1, -0.05) is 0 Å². The quantitative estimate of drug-likeness (QED) is 0.459. The van der Waals surface area contributed by atoms with Crippen molar-refractivity contribution < 1.29 is 4.79 Å². The molecule has 2 heterocycles. The topological polar surface area (TPSA) is 109 Å². The summed E-state index contributed by atoms with van der Waals surface area (Å²) in [5.74, 6) is 5.09. The van der Waals surface area contributed by atoms with Gasteiger partial charge >= 0.3 is 0 Å². The van der Waals surface area contributed by atoms with E-state index in [1.54, 1.807) is 18.5 Å². The number of nitrogens with zero attached hydrogens (tertiary/aromatic N) is 2. The summed E-state index contributed by atoms with van der Waals surface area (Å²) in [6, 6.07) is 1.64. The summed E-state index contributed by atoms with van der Waals surface area (Å²) < 4.78 is 0. The van der Waals surface area contributed by atoms with E-state index < -0.39 is 0 Å². The molecule has 0 saturated heterocycles. The third kappa shape index (κ3) is 2.46. The Balaban J connectivity index is 2.06. The van der Waals surface area contributed by atoms with E-state index >= 15 is 0 Å². The maximum absolute atomic E-state index is 12.0. The first-order chi connectivity index (χ1) is 8.72. The van der Waals surface area contributed by atoms with Gasteiger partial charge in [-0.15, -0.1) is 0 Å². The Morgan fingerprint density at radius 1 is 1.50 bits per heavy atom. The second kappa shape index (κ2) is 5.28. The van der Waals surface area contributed by atoms with E-state index in [9.17, 15) is 4.79 Å². The smallest absolute Gasteiger partial charge is 0.255 e. The zero-order valence-corrected chi connectivity index (χ0v) is 9.90. The summed E-state index contributed by atoms with van der Waals surface area (Å²) in [4.78, 5) is 15.9. The van der Waals surface area contributed by atoms with Crippen LogP contribution in [0.5, 0.6) is 0 Å². The molecule has 7 heteroatoms. The third-order valence-corrected chi connectivity index (χ3v) is 2.59. The number of H-pyrrole nitrogens is 1. The van der Waals surface area contributed by atoms with Crippen LogP contribution in [0.15, 0.2) is 24.7 Å². The van der Waals surface area contributed by atoms with Gasteiger partial charge in [-0.2, -0.15) is 5.10 Å². The molecule has 0 radical (unpaired) electrons. The highest BCUT2D eigenvalue weighted by Gasteiger charge is 2.11. The molecule has 0 atom stereocenters. The van der Waals surface area contributed by atoms with Gasteiger partial charge in [0.05, 0.1) is 17.4 Å². The summed E-state index contributed by atoms with van der Waals surface area (Å²) in [7, 11) is 0. The highest BCUT2D eigenvalue weighted by Crippen LogP contribution is 2.12. The van der Waals surface area contributed by atoms with E-state index in [0.717, 1.165) is 11.3 Å². The molecule has 7 nitrogen and oxygen atoms in total. The number of carbonyl (C=O) groups excluding carboxylic acids is 1. The molecule has 0 fully saturated rings. The average molecular weight is 246 g/mol. The first-order valence-corrected chi connectivity index (χ1v) is 5.40. The van der Waals surface area contributed by atoms with Crippen LogP contribution in [0.4, 0.5) is 5.69 Å². The van der Waals surface area contributed by atoms with Crippen molar-refractivity contribution in [3.8, 4) is 0 Å². The van der Waals surface area contributed by atoms with Crippen LogP contribution < -0.4 is 16.6 Å². The van der Waals surface area contributed by atoms with Gasteiger partial charge in [0.15, 0.2) is 0 Å². The molecule has 2 rings (SSSR count). The normalized spacial score (nSPS) is 10.1. The minimum Gasteiger partial charge on any atom is -0.348 e. The van der Waals surface area contributed by atoms with E-state index in [1.807, 2.05) is 6.92 Å². The largest absolute Gasteiger partial charge is 0.348 e. The standard InChI is InChI=1S/C11H14N6O/c1-7-8(5-15-17-7)4-14-11(18)9-6-13-3-2-10(9)16-12/h2-3,5-6H,4,12H2,1H3,(H,13,16)(H,14,18)(H,15,17). The van der Waals surface area contributed by atoms with Gasteiger partial charge in [-0.05, 0) is 13.0 Å². The van der Waals surface area contributed by atoms with Gasteiger partial charge < -0.3 is 10.7 Å². The second-order valence-corrected chi connectivity index (χ2v) is 3.77. The lowest BCUT2D eigenvalue weighted by Gasteiger charge is -2.08. The van der Waals surface area contributed by atoms with Crippen LogP contribution >= 0.6 is 0 Å². The molecule has 0 aliphatic heterocycles. The Hall–Kier alpha value is -2.41. The number of pyridine rings is 1. The predicted molar refractivity (Wildman–Crippen MR) is 66.5 cm³/mol. The number of anilines is 1. The van der Waals surface area contributed by atoms with Crippen molar-refractivity contribution in [2.75, 3.05) is 5.43 Å². The lowest BCUT2D eigenvalue weighted by molar-refractivity contribution is 0.0951. The molecule has 0 spiro atoms. The number of nitrogen functional groups attached to an aromatic ring is 1. The third-order valence-electron chi connectivity index (χ3n) is 2.59. The van der Waals surface area contributed by atoms with Crippen LogP contribution in [-0.4, -0.2) is 21.1 Å². The molecule has 0 aliphatic rings. The number of rotatable bonds is 4. The molecular weight excluding hydrogens is 232 g/mol. The van der Waals surface area contributed by atoms with Crippen LogP contribution in [0.25, 0.3) is 0 Å². The van der Waals surface area contributed by atoms with E-state index in [2.05, 4.69) is 25.9 Å². The highest BCUT2D eigenvalue weighted by atomic mass is 16.1. The second-order valence-electron chi connectivity index (χ2n) is 3.77. The van der Waals surface area contributed by atoms with Gasteiger partial charge in [-0.3, -0.25) is 20.7 Å². The molecule has 0 saturated carbocycles. The number of nitrogens with two attached hydrogens (primary N) is 1. The maximum Gasteiger partial charge on any atom is 0.255 e. The van der Waals surface area contributed by atoms with Gasteiger partial charge in [0.2, 0.25) is 0 Å². The number of amides is 1. The number of nitrogens with one attached hydrogen (secondary N) is 3. The lowest BCUT2D eigenvalue weighted by Crippen LogP contribution is -2.25. The Morgan fingerprint density at radius 2 is 2.33 bits per heavy atom. The first-order valence-electron chi connectivity index (χ1n) is 5.40. The number of aromatic amines is 1. The molecule has 0 aliphatic carbocycles. The Bertz CT molecular complexity index is 550. The molecule has 18 heavy (non-hydrogen) atoms. The molecule has 94 valence electrons. The molecule has 5 N–H and O–H groups in total. The Morgan fingerprint density at radius 3 is 3.00 bits per heavy atom. The molecule has 1 amide bonds. The molecule has 0 unspecified atom stereocenters. The summed E-state index contributed by atoms with van der Waals surface area (Å²) in [5, 5.41) is 9.48. The van der Waals surface area contributed by atoms with Crippen LogP contribution in [0.1, 0.15) is 21.6 Å². The fraction of sp³-hybridized carbons (Fsp3) is 0.182. The zero-order chi connectivity index (χ0) is 13.0. The Kier molecular flexibility index (Phi) is 3.54. The van der Waals surface area contributed by atoms with Crippen LogP contribution in [0, 0.1) is 6.92 Å². The van der Waals surface area contributed by atoms with Gasteiger partial charge in [0.25, 0.3) is 5.91 Å². The predicted octanol–water partition coefficient (Wildman–Crippen LogP) is 0.329. The fourth-order valence-electron chi connectivity index (χ4n) is 1.53. The number of hydrazine groups is 1. The number of aryl methyl sites for hydroxylation is 1. The first kappa shape index (κ1) is 12.1. The highest BCUT2D eigenvalue weighted by molar-refractivity contribution is 5.99. The maximum atomic E-state index is 12.0. The monoisotopic (exact) mass is 246 g/mol. The molecule has 2 aromatic rings. The van der Waals surface area contributed by atoms with E-state index in [1.165, 1.54) is 6.20 Å². The van der Waals surface area contributed by atoms with Crippen molar-refractivity contribution in [2.45, 2.75) is 13.5 Å². The summed E-state index contributed by atoms with van der Waals surface area (Å²) >= 11 is 0. The average Bonchev–Trinajstić information content (AvgIpc) is 2.81. The van der Waals surface area contributed by atoms with Gasteiger partial charge in [-0.25, -0.2) is 0 Å². The van der Waals surface area contributed by atoms with Crippen molar-refractivity contribution >= 4 is 11.6 Å². The van der Waals surface area contributed by atoms with E-state index in [4.69, 9.17) is 5.84 Å². The lowest BCUT2D eigenvalue weighted by atomic mass is 10.2. The fourth-order valence-corrected chi connectivity index (χ4v) is 1.53. The van der Waals surface area contributed by atoms with Crippen molar-refractivity contribution in [1.82, 2.24) is 20.5 Å². The van der Waals surface area contributed by atoms with Crippen molar-refractivity contribution in [1.29, 1.82) is 0 Å². The Labute approximate surface area is 104 Å². The molecule has 2 aromatic heterocycles. The number of aromatic nitrogens is 3. The molecule has 0 bridgehead atoms. The molecule has 0 aromatic carbocycles. The van der Waals surface area contributed by atoms with E-state index in [-0.39, 0.29) is 5.91 Å². The van der Waals surface area contributed by atoms with Gasteiger partial charge in [0, 0.05) is 30.2 Å². The van der Waals surface area contributed by atoms with Crippen molar-refractivity contribution in [3.63, 3.8) is 0 Å². The van der Waals surface area contributed by atoms with Gasteiger partial charge in [0.1, 0.15) is 0 Å². The summed E-state index contributed by atoms with van der Waals surface area (Å²) in [6.07, 6.45) is 4.71. The number of hydrogen-bond acceptors (Lipinski definition) is 5. The summed E-state index contributed by atoms with van der Waals surface area (Å²) in [6.45, 7) is 2.30. The number of hydrogen-bond donors (Lipinski definition) is 4. The van der Waals surface area contributed by atoms with Crippen molar-refractivity contribution in [2.24, 2.45) is 5.84 Å². The molecular formula is C11H14N6O. The SMILES string of the molecule is Cc1[nH]ncc1CNC(=O)c1cnccc1NN. The zero-order valence-electron chi connectivity index (χ0n) is 9.90. The van der Waals surface area contributed by atoms with Crippen LogP contribution in [-0.2, 0) is 6.54 Å². The summed E-state index contributed by atoms with van der Waals surface area (Å²) in [5.41, 5.74) is 5.27. The van der Waals surface area contributed by atoms with E-state index in [0.29, 0.717) is 17.8 Å². The minimum atomic E-state index is -0.239. The van der Waals surface area contributed by atoms with Crippen LogP contribution in [0.2, 0.25) is 0 Å². The van der Waals surface area contributed by atoms with Crippen molar-refractivity contribution in [3.05, 3.63) is 41.5 Å².